The first kappa shape index (κ1) is 24.8. The summed E-state index contributed by atoms with van der Waals surface area (Å²) >= 11 is 6.87. The number of fused-ring (bicyclic) bond motifs is 1. The van der Waals surface area contributed by atoms with Crippen molar-refractivity contribution in [3.8, 4) is 10.6 Å². The highest BCUT2D eigenvalue weighted by Gasteiger charge is 2.60. The number of amides is 1. The molecule has 34 heavy (non-hydrogen) atoms. The van der Waals surface area contributed by atoms with Crippen molar-refractivity contribution in [1.29, 1.82) is 0 Å². The second-order valence-electron chi connectivity index (χ2n) is 7.62. The Labute approximate surface area is 199 Å². The standard InChI is InChI=1S/C20H19ClF5N5O2S/c1-33-9-8-29-4-6-30(7-5-29)18(32)12-11-27-31-15(19(22,23)20(24,25)26)10-13(28-17(12)31)14-2-3-16(21)34-14/h2-3,10-11H,4-9H2,1H3. The highest BCUT2D eigenvalue weighted by atomic mass is 35.5. The third-order valence-corrected chi connectivity index (χ3v) is 6.73. The van der Waals surface area contributed by atoms with Crippen LogP contribution in [0.4, 0.5) is 22.0 Å². The minimum absolute atomic E-state index is 0.158. The average Bonchev–Trinajstić information content (AvgIpc) is 3.42. The molecule has 3 aromatic rings. The van der Waals surface area contributed by atoms with Crippen LogP contribution in [-0.2, 0) is 10.7 Å². The molecular weight excluding hydrogens is 505 g/mol. The number of carbonyl (C=O) groups is 1. The number of methoxy groups -OCH3 is 1. The molecule has 184 valence electrons. The molecule has 1 saturated heterocycles. The van der Waals surface area contributed by atoms with Crippen LogP contribution in [0.5, 0.6) is 0 Å². The van der Waals surface area contributed by atoms with Gasteiger partial charge in [-0.25, -0.2) is 9.50 Å². The SMILES string of the molecule is COCCN1CCN(C(=O)c2cnn3c(C(F)(F)C(F)(F)F)cc(-c4ccc(Cl)s4)nc23)CC1. The van der Waals surface area contributed by atoms with Crippen molar-refractivity contribution >= 4 is 34.5 Å². The van der Waals surface area contributed by atoms with Crippen LogP contribution in [0.15, 0.2) is 24.4 Å². The van der Waals surface area contributed by atoms with Gasteiger partial charge in [-0.05, 0) is 18.2 Å². The number of nitrogens with zero attached hydrogens (tertiary/aromatic N) is 5. The number of ether oxygens (including phenoxy) is 1. The number of carbonyl (C=O) groups excluding carboxylic acids is 1. The van der Waals surface area contributed by atoms with E-state index in [-0.39, 0.29) is 21.8 Å². The van der Waals surface area contributed by atoms with Crippen LogP contribution in [0.3, 0.4) is 0 Å². The summed E-state index contributed by atoms with van der Waals surface area (Å²) in [5, 5.41) is 3.69. The summed E-state index contributed by atoms with van der Waals surface area (Å²) in [5.74, 6) is -5.78. The average molecular weight is 524 g/mol. The smallest absolute Gasteiger partial charge is 0.383 e. The summed E-state index contributed by atoms with van der Waals surface area (Å²) in [4.78, 5) is 21.3. The van der Waals surface area contributed by atoms with Gasteiger partial charge in [0.2, 0.25) is 0 Å². The van der Waals surface area contributed by atoms with Crippen molar-refractivity contribution in [3.05, 3.63) is 40.0 Å². The number of halogens is 6. The largest absolute Gasteiger partial charge is 0.459 e. The van der Waals surface area contributed by atoms with Gasteiger partial charge in [-0.3, -0.25) is 9.69 Å². The van der Waals surface area contributed by atoms with Gasteiger partial charge >= 0.3 is 12.1 Å². The summed E-state index contributed by atoms with van der Waals surface area (Å²) in [6.45, 7) is 3.07. The zero-order chi connectivity index (χ0) is 24.7. The highest BCUT2D eigenvalue weighted by Crippen LogP contribution is 2.45. The summed E-state index contributed by atoms with van der Waals surface area (Å²) in [6.07, 6.45) is -4.90. The quantitative estimate of drug-likeness (QED) is 0.454. The number of thiophene rings is 1. The Bertz CT molecular complexity index is 1190. The molecule has 1 fully saturated rings. The van der Waals surface area contributed by atoms with Gasteiger partial charge in [0.1, 0.15) is 11.3 Å². The highest BCUT2D eigenvalue weighted by molar-refractivity contribution is 7.19. The van der Waals surface area contributed by atoms with Crippen molar-refractivity contribution in [2.45, 2.75) is 12.1 Å². The predicted octanol–water partition coefficient (Wildman–Crippen LogP) is 4.17. The molecule has 0 aromatic carbocycles. The second-order valence-corrected chi connectivity index (χ2v) is 9.34. The molecule has 0 bridgehead atoms. The van der Waals surface area contributed by atoms with Crippen molar-refractivity contribution < 1.29 is 31.5 Å². The number of alkyl halides is 5. The van der Waals surface area contributed by atoms with Crippen LogP contribution in [0.2, 0.25) is 4.34 Å². The molecule has 0 radical (unpaired) electrons. The summed E-state index contributed by atoms with van der Waals surface area (Å²) in [7, 11) is 1.59. The first-order valence-electron chi connectivity index (χ1n) is 10.1. The summed E-state index contributed by atoms with van der Waals surface area (Å²) < 4.78 is 74.4. The van der Waals surface area contributed by atoms with Gasteiger partial charge in [-0.1, -0.05) is 11.6 Å². The van der Waals surface area contributed by atoms with E-state index in [9.17, 15) is 26.7 Å². The molecule has 0 aliphatic carbocycles. The van der Waals surface area contributed by atoms with Crippen LogP contribution in [0.1, 0.15) is 16.1 Å². The fourth-order valence-corrected chi connectivity index (χ4v) is 4.63. The summed E-state index contributed by atoms with van der Waals surface area (Å²) in [5.41, 5.74) is -2.14. The molecule has 0 N–H and O–H groups in total. The van der Waals surface area contributed by atoms with Crippen LogP contribution in [0.25, 0.3) is 16.2 Å². The lowest BCUT2D eigenvalue weighted by molar-refractivity contribution is -0.291. The van der Waals surface area contributed by atoms with Crippen LogP contribution in [0, 0.1) is 0 Å². The molecule has 1 amide bonds. The number of rotatable bonds is 6. The Hall–Kier alpha value is -2.35. The lowest BCUT2D eigenvalue weighted by Crippen LogP contribution is -2.49. The molecular formula is C20H19ClF5N5O2S. The van der Waals surface area contributed by atoms with Gasteiger partial charge in [0, 0.05) is 39.8 Å². The Morgan fingerprint density at radius 2 is 1.88 bits per heavy atom. The van der Waals surface area contributed by atoms with Crippen molar-refractivity contribution in [3.63, 3.8) is 0 Å². The predicted molar refractivity (Wildman–Crippen MR) is 115 cm³/mol. The molecule has 4 rings (SSSR count). The third kappa shape index (κ3) is 4.61. The van der Waals surface area contributed by atoms with Gasteiger partial charge in [-0.2, -0.15) is 27.1 Å². The maximum Gasteiger partial charge on any atom is 0.459 e. The number of hydrogen-bond acceptors (Lipinski definition) is 6. The lowest BCUT2D eigenvalue weighted by Gasteiger charge is -2.34. The zero-order valence-corrected chi connectivity index (χ0v) is 19.4. The summed E-state index contributed by atoms with van der Waals surface area (Å²) in [6, 6.07) is 3.55. The van der Waals surface area contributed by atoms with E-state index in [0.29, 0.717) is 54.2 Å². The van der Waals surface area contributed by atoms with E-state index in [0.717, 1.165) is 17.5 Å². The number of hydrogen-bond donors (Lipinski definition) is 0. The minimum Gasteiger partial charge on any atom is -0.383 e. The first-order chi connectivity index (χ1) is 16.0. The minimum atomic E-state index is -5.87. The molecule has 3 aromatic heterocycles. The Morgan fingerprint density at radius 3 is 2.47 bits per heavy atom. The Kier molecular flexibility index (Phi) is 6.82. The van der Waals surface area contributed by atoms with E-state index in [1.165, 1.54) is 17.0 Å². The van der Waals surface area contributed by atoms with E-state index in [2.05, 4.69) is 15.0 Å². The van der Waals surface area contributed by atoms with Gasteiger partial charge in [-0.15, -0.1) is 11.3 Å². The monoisotopic (exact) mass is 523 g/mol. The maximum absolute atomic E-state index is 14.5. The molecule has 0 spiro atoms. The van der Waals surface area contributed by atoms with Crippen molar-refractivity contribution in [2.75, 3.05) is 46.4 Å². The van der Waals surface area contributed by atoms with Gasteiger partial charge in [0.05, 0.1) is 27.7 Å². The van der Waals surface area contributed by atoms with E-state index in [1.54, 1.807) is 7.11 Å². The van der Waals surface area contributed by atoms with E-state index >= 15 is 0 Å². The Balaban J connectivity index is 1.75. The molecule has 0 saturated carbocycles. The zero-order valence-electron chi connectivity index (χ0n) is 17.8. The molecule has 14 heteroatoms. The molecule has 0 unspecified atom stereocenters. The van der Waals surface area contributed by atoms with Crippen LogP contribution < -0.4 is 0 Å². The van der Waals surface area contributed by atoms with Gasteiger partial charge < -0.3 is 9.64 Å². The van der Waals surface area contributed by atoms with E-state index < -0.39 is 23.7 Å². The Morgan fingerprint density at radius 1 is 1.18 bits per heavy atom. The molecule has 1 aliphatic rings. The van der Waals surface area contributed by atoms with Gasteiger partial charge in [0.15, 0.2) is 5.65 Å². The normalized spacial score (nSPS) is 15.9. The van der Waals surface area contributed by atoms with E-state index in [1.807, 2.05) is 0 Å². The van der Waals surface area contributed by atoms with Gasteiger partial charge in [0.25, 0.3) is 5.91 Å². The number of piperazine rings is 1. The van der Waals surface area contributed by atoms with Crippen molar-refractivity contribution in [1.82, 2.24) is 24.4 Å². The lowest BCUT2D eigenvalue weighted by atomic mass is 10.1. The number of aromatic nitrogens is 3. The van der Waals surface area contributed by atoms with E-state index in [4.69, 9.17) is 16.3 Å². The van der Waals surface area contributed by atoms with Crippen molar-refractivity contribution in [2.24, 2.45) is 0 Å². The molecule has 0 atom stereocenters. The molecule has 4 heterocycles. The molecule has 7 nitrogen and oxygen atoms in total. The third-order valence-electron chi connectivity index (χ3n) is 5.48. The second kappa shape index (κ2) is 9.36. The first-order valence-corrected chi connectivity index (χ1v) is 11.3. The fraction of sp³-hybridized carbons (Fsp3) is 0.450. The molecule has 1 aliphatic heterocycles. The fourth-order valence-electron chi connectivity index (χ4n) is 3.63. The van der Waals surface area contributed by atoms with Crippen LogP contribution in [-0.4, -0.2) is 82.9 Å². The van der Waals surface area contributed by atoms with Crippen LogP contribution >= 0.6 is 22.9 Å². The maximum atomic E-state index is 14.5. The topological polar surface area (TPSA) is 63.0 Å².